The Hall–Kier alpha value is -3.85. The van der Waals surface area contributed by atoms with Gasteiger partial charge in [0.2, 0.25) is 5.91 Å². The third-order valence-corrected chi connectivity index (χ3v) is 4.53. The van der Waals surface area contributed by atoms with Gasteiger partial charge in [-0.2, -0.15) is 0 Å². The molecule has 0 aliphatic rings. The van der Waals surface area contributed by atoms with Crippen LogP contribution in [0.25, 0.3) is 0 Å². The van der Waals surface area contributed by atoms with Gasteiger partial charge < -0.3 is 24.8 Å². The van der Waals surface area contributed by atoms with E-state index >= 15 is 0 Å². The van der Waals surface area contributed by atoms with Gasteiger partial charge in [0.25, 0.3) is 0 Å². The van der Waals surface area contributed by atoms with Crippen LogP contribution in [0.1, 0.15) is 18.9 Å². The fourth-order valence-electron chi connectivity index (χ4n) is 2.84. The SMILES string of the molecule is CC(=O)Nc1cccc(OC(CCc2ccc(Cl)cc2)Cn2ccnc2)c1.O=C(O)C(=O)O. The highest BCUT2D eigenvalue weighted by Crippen LogP contribution is 2.21. The Kier molecular flexibility index (Phi) is 9.91. The molecule has 3 aromatic rings. The van der Waals surface area contributed by atoms with Gasteiger partial charge in [0.15, 0.2) is 0 Å². The summed E-state index contributed by atoms with van der Waals surface area (Å²) in [4.78, 5) is 33.6. The summed E-state index contributed by atoms with van der Waals surface area (Å²) < 4.78 is 8.23. The fourth-order valence-corrected chi connectivity index (χ4v) is 2.96. The summed E-state index contributed by atoms with van der Waals surface area (Å²) in [5.74, 6) is -3.03. The number of nitrogens with one attached hydrogen (secondary N) is 1. The molecular formula is C23H24ClN3O6. The van der Waals surface area contributed by atoms with Crippen molar-refractivity contribution in [1.82, 2.24) is 9.55 Å². The second-order valence-electron chi connectivity index (χ2n) is 6.98. The molecule has 33 heavy (non-hydrogen) atoms. The first-order valence-electron chi connectivity index (χ1n) is 9.93. The molecule has 0 saturated heterocycles. The van der Waals surface area contributed by atoms with Crippen LogP contribution in [0.3, 0.4) is 0 Å². The van der Waals surface area contributed by atoms with Crippen LogP contribution in [0.15, 0.2) is 67.3 Å². The number of carboxylic acid groups (broad SMARTS) is 2. The monoisotopic (exact) mass is 473 g/mol. The zero-order chi connectivity index (χ0) is 24.2. The maximum Gasteiger partial charge on any atom is 0.414 e. The van der Waals surface area contributed by atoms with Gasteiger partial charge in [-0.25, -0.2) is 14.6 Å². The van der Waals surface area contributed by atoms with E-state index in [9.17, 15) is 4.79 Å². The normalized spacial score (nSPS) is 11.0. The van der Waals surface area contributed by atoms with Gasteiger partial charge in [0.05, 0.1) is 12.9 Å². The second kappa shape index (κ2) is 12.9. The molecule has 10 heteroatoms. The lowest BCUT2D eigenvalue weighted by atomic mass is 10.1. The van der Waals surface area contributed by atoms with Crippen molar-refractivity contribution in [3.8, 4) is 5.75 Å². The number of anilines is 1. The van der Waals surface area contributed by atoms with Gasteiger partial charge >= 0.3 is 11.9 Å². The van der Waals surface area contributed by atoms with E-state index in [1.54, 1.807) is 12.5 Å². The molecule has 1 atom stereocenters. The van der Waals surface area contributed by atoms with Crippen LogP contribution >= 0.6 is 11.6 Å². The maximum atomic E-state index is 11.3. The molecule has 0 bridgehead atoms. The van der Waals surface area contributed by atoms with Crippen LogP contribution in [0, 0.1) is 0 Å². The molecule has 0 radical (unpaired) electrons. The van der Waals surface area contributed by atoms with E-state index in [2.05, 4.69) is 10.3 Å². The summed E-state index contributed by atoms with van der Waals surface area (Å²) in [5, 5.41) is 18.3. The predicted molar refractivity (Wildman–Crippen MR) is 122 cm³/mol. The highest BCUT2D eigenvalue weighted by atomic mass is 35.5. The van der Waals surface area contributed by atoms with E-state index in [0.29, 0.717) is 6.54 Å². The number of imidazole rings is 1. The first-order valence-corrected chi connectivity index (χ1v) is 10.3. The lowest BCUT2D eigenvalue weighted by Gasteiger charge is -2.20. The summed E-state index contributed by atoms with van der Waals surface area (Å²) in [6.45, 7) is 2.18. The van der Waals surface area contributed by atoms with E-state index in [1.807, 2.05) is 59.3 Å². The summed E-state index contributed by atoms with van der Waals surface area (Å²) in [6.07, 6.45) is 7.14. The Balaban J connectivity index is 0.000000569. The third-order valence-electron chi connectivity index (χ3n) is 4.28. The molecule has 0 spiro atoms. The number of halogens is 1. The minimum Gasteiger partial charge on any atom is -0.488 e. The lowest BCUT2D eigenvalue weighted by molar-refractivity contribution is -0.159. The van der Waals surface area contributed by atoms with Gasteiger partial charge in [0, 0.05) is 36.1 Å². The van der Waals surface area contributed by atoms with Crippen LogP contribution < -0.4 is 10.1 Å². The van der Waals surface area contributed by atoms with Crippen LogP contribution in [0.2, 0.25) is 5.02 Å². The largest absolute Gasteiger partial charge is 0.488 e. The molecule has 0 fully saturated rings. The predicted octanol–water partition coefficient (Wildman–Crippen LogP) is 3.73. The summed E-state index contributed by atoms with van der Waals surface area (Å²) in [7, 11) is 0. The zero-order valence-corrected chi connectivity index (χ0v) is 18.6. The fraction of sp³-hybridized carbons (Fsp3) is 0.217. The molecule has 0 aliphatic carbocycles. The van der Waals surface area contributed by atoms with E-state index in [1.165, 1.54) is 12.5 Å². The molecule has 0 saturated carbocycles. The first kappa shape index (κ1) is 25.4. The molecule has 1 heterocycles. The minimum absolute atomic E-state index is 0.0394. The summed E-state index contributed by atoms with van der Waals surface area (Å²) >= 11 is 5.96. The number of rotatable bonds is 8. The number of carbonyl (C=O) groups is 3. The molecule has 0 aliphatic heterocycles. The van der Waals surface area contributed by atoms with E-state index in [4.69, 9.17) is 36.1 Å². The summed E-state index contributed by atoms with van der Waals surface area (Å²) in [6, 6.07) is 15.3. The van der Waals surface area contributed by atoms with Gasteiger partial charge in [-0.15, -0.1) is 0 Å². The van der Waals surface area contributed by atoms with Gasteiger partial charge in [-0.3, -0.25) is 4.79 Å². The highest BCUT2D eigenvalue weighted by molar-refractivity contribution is 6.30. The number of amides is 1. The van der Waals surface area contributed by atoms with Crippen molar-refractivity contribution < 1.29 is 29.3 Å². The van der Waals surface area contributed by atoms with Crippen molar-refractivity contribution >= 4 is 35.1 Å². The van der Waals surface area contributed by atoms with Gasteiger partial charge in [-0.05, 0) is 42.7 Å². The van der Waals surface area contributed by atoms with Crippen LogP contribution in [0.5, 0.6) is 5.75 Å². The number of ether oxygens (including phenoxy) is 1. The number of hydrogen-bond donors (Lipinski definition) is 3. The highest BCUT2D eigenvalue weighted by Gasteiger charge is 2.13. The number of aromatic nitrogens is 2. The van der Waals surface area contributed by atoms with Crippen molar-refractivity contribution in [2.75, 3.05) is 5.32 Å². The Morgan fingerprint density at radius 3 is 2.39 bits per heavy atom. The van der Waals surface area contributed by atoms with Crippen molar-refractivity contribution in [2.45, 2.75) is 32.4 Å². The van der Waals surface area contributed by atoms with Crippen LogP contribution in [-0.2, 0) is 27.3 Å². The standard InChI is InChI=1S/C21H22ClN3O2.C2H2O4/c1-16(26)24-19-3-2-4-20(13-19)27-21(14-25-12-11-23-15-25)10-7-17-5-8-18(22)9-6-17;3-1(4)2(5)6/h2-6,8-9,11-13,15,21H,7,10,14H2,1H3,(H,24,26);(H,3,4)(H,5,6). The smallest absolute Gasteiger partial charge is 0.414 e. The van der Waals surface area contributed by atoms with E-state index in [0.717, 1.165) is 29.3 Å². The quantitative estimate of drug-likeness (QED) is 0.425. The number of nitrogens with zero attached hydrogens (tertiary/aromatic N) is 2. The van der Waals surface area contributed by atoms with Crippen molar-refractivity contribution in [3.05, 3.63) is 77.8 Å². The number of benzene rings is 2. The van der Waals surface area contributed by atoms with E-state index in [-0.39, 0.29) is 12.0 Å². The Morgan fingerprint density at radius 2 is 1.82 bits per heavy atom. The Bertz CT molecular complexity index is 1040. The number of carboxylic acids is 2. The maximum absolute atomic E-state index is 11.3. The topological polar surface area (TPSA) is 131 Å². The molecule has 3 N–H and O–H groups in total. The van der Waals surface area contributed by atoms with E-state index < -0.39 is 11.9 Å². The van der Waals surface area contributed by atoms with Gasteiger partial charge in [0.1, 0.15) is 11.9 Å². The zero-order valence-electron chi connectivity index (χ0n) is 17.8. The molecule has 9 nitrogen and oxygen atoms in total. The molecule has 174 valence electrons. The Morgan fingerprint density at radius 1 is 1.12 bits per heavy atom. The lowest BCUT2D eigenvalue weighted by Crippen LogP contribution is -2.23. The molecule has 1 unspecified atom stereocenters. The van der Waals surface area contributed by atoms with Gasteiger partial charge in [-0.1, -0.05) is 29.8 Å². The number of aliphatic carboxylic acids is 2. The average molecular weight is 474 g/mol. The Labute approximate surface area is 195 Å². The third kappa shape index (κ3) is 9.88. The molecular weight excluding hydrogens is 450 g/mol. The van der Waals surface area contributed by atoms with Crippen molar-refractivity contribution in [2.24, 2.45) is 0 Å². The number of aryl methyl sites for hydroxylation is 1. The molecule has 3 rings (SSSR count). The van der Waals surface area contributed by atoms with Crippen molar-refractivity contribution in [1.29, 1.82) is 0 Å². The minimum atomic E-state index is -1.82. The first-order chi connectivity index (χ1) is 15.7. The molecule has 1 aromatic heterocycles. The average Bonchev–Trinajstić information content (AvgIpc) is 3.26. The van der Waals surface area contributed by atoms with Crippen molar-refractivity contribution in [3.63, 3.8) is 0 Å². The number of hydrogen-bond acceptors (Lipinski definition) is 5. The summed E-state index contributed by atoms with van der Waals surface area (Å²) in [5.41, 5.74) is 1.93. The number of carbonyl (C=O) groups excluding carboxylic acids is 1. The van der Waals surface area contributed by atoms with Crippen LogP contribution in [0.4, 0.5) is 5.69 Å². The molecule has 1 amide bonds. The molecule has 2 aromatic carbocycles. The second-order valence-corrected chi connectivity index (χ2v) is 7.42. The van der Waals surface area contributed by atoms with Crippen LogP contribution in [-0.4, -0.2) is 43.7 Å².